The van der Waals surface area contributed by atoms with Crippen LogP contribution in [0.3, 0.4) is 0 Å². The van der Waals surface area contributed by atoms with Gasteiger partial charge in [0.1, 0.15) is 0 Å². The third-order valence-corrected chi connectivity index (χ3v) is 4.50. The highest BCUT2D eigenvalue weighted by atomic mass is 19.4. The number of amides is 1. The molecule has 0 radical (unpaired) electrons. The van der Waals surface area contributed by atoms with E-state index in [1.807, 2.05) is 6.92 Å². The highest BCUT2D eigenvalue weighted by Crippen LogP contribution is 2.31. The van der Waals surface area contributed by atoms with Crippen LogP contribution in [0.15, 0.2) is 24.3 Å². The van der Waals surface area contributed by atoms with Crippen LogP contribution in [0.1, 0.15) is 49.7 Å². The lowest BCUT2D eigenvalue weighted by Gasteiger charge is -2.16. The number of carbonyl (C=O) groups is 1. The monoisotopic (exact) mass is 328 g/mol. The Morgan fingerprint density at radius 1 is 1.39 bits per heavy atom. The molecule has 23 heavy (non-hydrogen) atoms. The van der Waals surface area contributed by atoms with Crippen molar-refractivity contribution in [3.8, 4) is 0 Å². The van der Waals surface area contributed by atoms with Crippen molar-refractivity contribution in [1.82, 2.24) is 5.32 Å². The highest BCUT2D eigenvalue weighted by Gasteiger charge is 2.31. The second-order valence-electron chi connectivity index (χ2n) is 6.37. The second kappa shape index (κ2) is 7.34. The summed E-state index contributed by atoms with van der Waals surface area (Å²) in [7, 11) is 0. The van der Waals surface area contributed by atoms with E-state index in [1.54, 1.807) is 6.07 Å². The Balaban J connectivity index is 1.83. The van der Waals surface area contributed by atoms with Gasteiger partial charge in [-0.15, -0.1) is 0 Å². The molecular formula is C17H23F3N2O. The van der Waals surface area contributed by atoms with Crippen LogP contribution in [0, 0.1) is 5.92 Å². The lowest BCUT2D eigenvalue weighted by atomic mass is 9.96. The fourth-order valence-corrected chi connectivity index (χ4v) is 3.00. The standard InChI is InChI=1S/C17H23F3N2O/c1-11(12-3-2-4-14(9-12)17(18,19)20)7-8-22-16(23)13-5-6-15(21)10-13/h2-4,9,11,13,15H,5-8,10,21H2,1H3,(H,22,23). The molecule has 1 aromatic carbocycles. The number of rotatable bonds is 5. The van der Waals surface area contributed by atoms with Gasteiger partial charge in [0.25, 0.3) is 0 Å². The lowest BCUT2D eigenvalue weighted by Crippen LogP contribution is -2.31. The Morgan fingerprint density at radius 2 is 2.13 bits per heavy atom. The number of benzene rings is 1. The van der Waals surface area contributed by atoms with E-state index in [-0.39, 0.29) is 23.8 Å². The average Bonchev–Trinajstić information content (AvgIpc) is 2.93. The maximum absolute atomic E-state index is 12.7. The second-order valence-corrected chi connectivity index (χ2v) is 6.37. The fraction of sp³-hybridized carbons (Fsp3) is 0.588. The SMILES string of the molecule is CC(CCNC(=O)C1CCC(N)C1)c1cccc(C(F)(F)F)c1. The molecule has 1 fully saturated rings. The fourth-order valence-electron chi connectivity index (χ4n) is 3.00. The molecule has 0 heterocycles. The van der Waals surface area contributed by atoms with Crippen molar-refractivity contribution in [2.24, 2.45) is 11.7 Å². The summed E-state index contributed by atoms with van der Waals surface area (Å²) >= 11 is 0. The number of halogens is 3. The van der Waals surface area contributed by atoms with Gasteiger partial charge in [-0.2, -0.15) is 13.2 Å². The Hall–Kier alpha value is -1.56. The molecule has 0 bridgehead atoms. The number of alkyl halides is 3. The minimum absolute atomic E-state index is 0.00851. The van der Waals surface area contributed by atoms with Gasteiger partial charge in [-0.3, -0.25) is 4.79 Å². The minimum atomic E-state index is -4.33. The molecule has 0 spiro atoms. The van der Waals surface area contributed by atoms with Crippen LogP contribution in [-0.2, 0) is 11.0 Å². The summed E-state index contributed by atoms with van der Waals surface area (Å²) in [6.07, 6.45) is -1.32. The smallest absolute Gasteiger partial charge is 0.356 e. The van der Waals surface area contributed by atoms with Crippen LogP contribution < -0.4 is 11.1 Å². The van der Waals surface area contributed by atoms with Gasteiger partial charge in [0.2, 0.25) is 5.91 Å². The molecule has 3 unspecified atom stereocenters. The molecule has 0 saturated heterocycles. The summed E-state index contributed by atoms with van der Waals surface area (Å²) in [4.78, 5) is 12.0. The van der Waals surface area contributed by atoms with E-state index in [0.717, 1.165) is 25.3 Å². The topological polar surface area (TPSA) is 55.1 Å². The van der Waals surface area contributed by atoms with E-state index in [9.17, 15) is 18.0 Å². The molecule has 3 atom stereocenters. The number of hydrogen-bond acceptors (Lipinski definition) is 2. The van der Waals surface area contributed by atoms with Crippen LogP contribution >= 0.6 is 0 Å². The molecule has 1 amide bonds. The summed E-state index contributed by atoms with van der Waals surface area (Å²) in [5.41, 5.74) is 5.80. The third-order valence-electron chi connectivity index (χ3n) is 4.50. The van der Waals surface area contributed by atoms with E-state index < -0.39 is 11.7 Å². The molecule has 1 aliphatic carbocycles. The quantitative estimate of drug-likeness (QED) is 0.870. The Kier molecular flexibility index (Phi) is 5.68. The van der Waals surface area contributed by atoms with Crippen molar-refractivity contribution in [3.63, 3.8) is 0 Å². The molecule has 6 heteroatoms. The van der Waals surface area contributed by atoms with Crippen molar-refractivity contribution in [3.05, 3.63) is 35.4 Å². The van der Waals surface area contributed by atoms with Gasteiger partial charge < -0.3 is 11.1 Å². The molecule has 128 valence electrons. The largest absolute Gasteiger partial charge is 0.416 e. The van der Waals surface area contributed by atoms with Gasteiger partial charge in [0, 0.05) is 18.5 Å². The van der Waals surface area contributed by atoms with Crippen molar-refractivity contribution >= 4 is 5.91 Å². The molecular weight excluding hydrogens is 305 g/mol. The summed E-state index contributed by atoms with van der Waals surface area (Å²) in [5, 5.41) is 2.87. The van der Waals surface area contributed by atoms with Gasteiger partial charge in [-0.25, -0.2) is 0 Å². The van der Waals surface area contributed by atoms with Crippen LogP contribution in [0.4, 0.5) is 13.2 Å². The highest BCUT2D eigenvalue weighted by molar-refractivity contribution is 5.78. The zero-order chi connectivity index (χ0) is 17.0. The normalized spacial score (nSPS) is 22.8. The Bertz CT molecular complexity index is 545. The molecule has 1 aliphatic rings. The minimum Gasteiger partial charge on any atom is -0.356 e. The summed E-state index contributed by atoms with van der Waals surface area (Å²) in [5.74, 6) is -0.0634. The first-order chi connectivity index (χ1) is 10.8. The first-order valence-electron chi connectivity index (χ1n) is 7.98. The van der Waals surface area contributed by atoms with Gasteiger partial charge in [0.15, 0.2) is 0 Å². The van der Waals surface area contributed by atoms with Crippen LogP contribution in [0.25, 0.3) is 0 Å². The molecule has 0 aliphatic heterocycles. The van der Waals surface area contributed by atoms with Gasteiger partial charge in [-0.05, 0) is 43.2 Å². The van der Waals surface area contributed by atoms with E-state index in [1.165, 1.54) is 12.1 Å². The molecule has 1 aromatic rings. The van der Waals surface area contributed by atoms with E-state index in [0.29, 0.717) is 18.5 Å². The van der Waals surface area contributed by atoms with Crippen molar-refractivity contribution in [2.45, 2.75) is 50.7 Å². The van der Waals surface area contributed by atoms with Crippen molar-refractivity contribution < 1.29 is 18.0 Å². The molecule has 3 N–H and O–H groups in total. The average molecular weight is 328 g/mol. The molecule has 0 aromatic heterocycles. The number of nitrogens with two attached hydrogens (primary N) is 1. The number of carbonyl (C=O) groups excluding carboxylic acids is 1. The van der Waals surface area contributed by atoms with Crippen LogP contribution in [-0.4, -0.2) is 18.5 Å². The first-order valence-corrected chi connectivity index (χ1v) is 7.98. The first kappa shape index (κ1) is 17.8. The predicted molar refractivity (Wildman–Crippen MR) is 82.8 cm³/mol. The number of hydrogen-bond donors (Lipinski definition) is 2. The van der Waals surface area contributed by atoms with Crippen molar-refractivity contribution in [2.75, 3.05) is 6.54 Å². The van der Waals surface area contributed by atoms with Gasteiger partial charge in [-0.1, -0.05) is 25.1 Å². The number of nitrogens with one attached hydrogen (secondary N) is 1. The van der Waals surface area contributed by atoms with Crippen LogP contribution in [0.5, 0.6) is 0 Å². The predicted octanol–water partition coefficient (Wildman–Crippen LogP) is 3.44. The Labute approximate surface area is 134 Å². The van der Waals surface area contributed by atoms with E-state index in [4.69, 9.17) is 5.73 Å². The summed E-state index contributed by atoms with van der Waals surface area (Å²) in [6, 6.07) is 5.48. The Morgan fingerprint density at radius 3 is 2.74 bits per heavy atom. The molecule has 3 nitrogen and oxygen atoms in total. The van der Waals surface area contributed by atoms with Gasteiger partial charge >= 0.3 is 6.18 Å². The summed E-state index contributed by atoms with van der Waals surface area (Å²) in [6.45, 7) is 2.33. The van der Waals surface area contributed by atoms with Gasteiger partial charge in [0.05, 0.1) is 5.56 Å². The van der Waals surface area contributed by atoms with E-state index in [2.05, 4.69) is 5.32 Å². The van der Waals surface area contributed by atoms with E-state index >= 15 is 0 Å². The zero-order valence-corrected chi connectivity index (χ0v) is 13.2. The van der Waals surface area contributed by atoms with Crippen molar-refractivity contribution in [1.29, 1.82) is 0 Å². The third kappa shape index (κ3) is 4.96. The maximum Gasteiger partial charge on any atom is 0.416 e. The molecule has 2 rings (SSSR count). The lowest BCUT2D eigenvalue weighted by molar-refractivity contribution is -0.137. The van der Waals surface area contributed by atoms with Crippen LogP contribution in [0.2, 0.25) is 0 Å². The zero-order valence-electron chi connectivity index (χ0n) is 13.2. The maximum atomic E-state index is 12.7. The molecule has 1 saturated carbocycles. The summed E-state index contributed by atoms with van der Waals surface area (Å²) < 4.78 is 38.2.